The van der Waals surface area contributed by atoms with Crippen molar-refractivity contribution in [2.24, 2.45) is 0 Å². The third-order valence-corrected chi connectivity index (χ3v) is 3.79. The summed E-state index contributed by atoms with van der Waals surface area (Å²) >= 11 is 0. The average Bonchev–Trinajstić information content (AvgIpc) is 2.57. The molecule has 116 valence electrons. The Kier molecular flexibility index (Phi) is 3.85. The molecule has 0 bridgehead atoms. The number of rotatable bonds is 4. The SMILES string of the molecule is COc1cccc2c(=O)n(Cc3ccccc3C(=O)O)ccc12. The Morgan fingerprint density at radius 3 is 2.61 bits per heavy atom. The van der Waals surface area contributed by atoms with Crippen LogP contribution in [0.1, 0.15) is 15.9 Å². The summed E-state index contributed by atoms with van der Waals surface area (Å²) in [6.45, 7) is 0.203. The molecule has 5 heteroatoms. The van der Waals surface area contributed by atoms with Gasteiger partial charge in [-0.1, -0.05) is 24.3 Å². The van der Waals surface area contributed by atoms with E-state index >= 15 is 0 Å². The van der Waals surface area contributed by atoms with Crippen LogP contribution in [0, 0.1) is 0 Å². The highest BCUT2D eigenvalue weighted by Crippen LogP contribution is 2.22. The van der Waals surface area contributed by atoms with E-state index in [4.69, 9.17) is 4.74 Å². The van der Waals surface area contributed by atoms with Crippen molar-refractivity contribution in [2.75, 3.05) is 7.11 Å². The van der Waals surface area contributed by atoms with Gasteiger partial charge in [0.25, 0.3) is 5.56 Å². The Hall–Kier alpha value is -3.08. The van der Waals surface area contributed by atoms with E-state index in [1.165, 1.54) is 10.6 Å². The van der Waals surface area contributed by atoms with Crippen LogP contribution in [0.25, 0.3) is 10.8 Å². The van der Waals surface area contributed by atoms with Gasteiger partial charge in [-0.25, -0.2) is 4.79 Å². The summed E-state index contributed by atoms with van der Waals surface area (Å²) in [6, 6.07) is 13.8. The van der Waals surface area contributed by atoms with Crippen molar-refractivity contribution in [3.8, 4) is 5.75 Å². The first-order valence-electron chi connectivity index (χ1n) is 7.09. The first kappa shape index (κ1) is 14.8. The molecule has 0 spiro atoms. The number of hydrogen-bond donors (Lipinski definition) is 1. The molecule has 5 nitrogen and oxygen atoms in total. The highest BCUT2D eigenvalue weighted by molar-refractivity contribution is 5.89. The highest BCUT2D eigenvalue weighted by Gasteiger charge is 2.11. The lowest BCUT2D eigenvalue weighted by molar-refractivity contribution is 0.0695. The standard InChI is InChI=1S/C18H15NO4/c1-23-16-8-4-7-15-14(16)9-10-19(17(15)20)11-12-5-2-3-6-13(12)18(21)22/h2-10H,11H2,1H3,(H,21,22). The molecule has 3 rings (SSSR count). The molecule has 0 saturated carbocycles. The van der Waals surface area contributed by atoms with Gasteiger partial charge in [-0.3, -0.25) is 4.79 Å². The minimum Gasteiger partial charge on any atom is -0.496 e. The van der Waals surface area contributed by atoms with Crippen LogP contribution in [-0.2, 0) is 6.54 Å². The minimum absolute atomic E-state index is 0.179. The first-order valence-corrected chi connectivity index (χ1v) is 7.09. The maximum absolute atomic E-state index is 12.6. The van der Waals surface area contributed by atoms with Gasteiger partial charge in [-0.15, -0.1) is 0 Å². The van der Waals surface area contributed by atoms with Crippen molar-refractivity contribution in [1.29, 1.82) is 0 Å². The van der Waals surface area contributed by atoms with Gasteiger partial charge in [0.2, 0.25) is 0 Å². The molecule has 0 radical (unpaired) electrons. The zero-order valence-corrected chi connectivity index (χ0v) is 12.5. The average molecular weight is 309 g/mol. The van der Waals surface area contributed by atoms with Crippen molar-refractivity contribution < 1.29 is 14.6 Å². The smallest absolute Gasteiger partial charge is 0.336 e. The molecule has 0 aliphatic carbocycles. The molecular weight excluding hydrogens is 294 g/mol. The summed E-state index contributed by atoms with van der Waals surface area (Å²) in [6.07, 6.45) is 1.66. The monoisotopic (exact) mass is 309 g/mol. The normalized spacial score (nSPS) is 10.7. The van der Waals surface area contributed by atoms with Crippen LogP contribution in [0.4, 0.5) is 0 Å². The second-order valence-corrected chi connectivity index (χ2v) is 5.13. The lowest BCUT2D eigenvalue weighted by Crippen LogP contribution is -2.21. The van der Waals surface area contributed by atoms with E-state index in [1.54, 1.807) is 55.8 Å². The van der Waals surface area contributed by atoms with Crippen LogP contribution >= 0.6 is 0 Å². The minimum atomic E-state index is -1.00. The number of pyridine rings is 1. The molecule has 2 aromatic carbocycles. The Labute approximate surface area is 132 Å². The number of fused-ring (bicyclic) bond motifs is 1. The number of aromatic nitrogens is 1. The van der Waals surface area contributed by atoms with Gasteiger partial charge in [0.1, 0.15) is 5.75 Å². The summed E-state index contributed by atoms with van der Waals surface area (Å²) in [7, 11) is 1.56. The quantitative estimate of drug-likeness (QED) is 0.804. The third-order valence-electron chi connectivity index (χ3n) is 3.79. The van der Waals surface area contributed by atoms with Gasteiger partial charge in [0.05, 0.1) is 24.6 Å². The number of carboxylic acid groups (broad SMARTS) is 1. The lowest BCUT2D eigenvalue weighted by Gasteiger charge is -2.11. The molecule has 0 aliphatic rings. The maximum Gasteiger partial charge on any atom is 0.336 e. The highest BCUT2D eigenvalue weighted by atomic mass is 16.5. The van der Waals surface area contributed by atoms with E-state index in [9.17, 15) is 14.7 Å². The van der Waals surface area contributed by atoms with Crippen LogP contribution < -0.4 is 10.3 Å². The lowest BCUT2D eigenvalue weighted by atomic mass is 10.1. The zero-order chi connectivity index (χ0) is 16.4. The van der Waals surface area contributed by atoms with Crippen molar-refractivity contribution in [3.63, 3.8) is 0 Å². The predicted octanol–water partition coefficient (Wildman–Crippen LogP) is 2.76. The number of hydrogen-bond acceptors (Lipinski definition) is 3. The molecular formula is C18H15NO4. The summed E-state index contributed by atoms with van der Waals surface area (Å²) in [5.41, 5.74) is 0.607. The van der Waals surface area contributed by atoms with Gasteiger partial charge >= 0.3 is 5.97 Å². The Morgan fingerprint density at radius 2 is 1.87 bits per heavy atom. The number of ether oxygens (including phenoxy) is 1. The van der Waals surface area contributed by atoms with Crippen molar-refractivity contribution in [1.82, 2.24) is 4.57 Å². The van der Waals surface area contributed by atoms with Crippen molar-refractivity contribution >= 4 is 16.7 Å². The summed E-state index contributed by atoms with van der Waals surface area (Å²) < 4.78 is 6.77. The van der Waals surface area contributed by atoms with Gasteiger partial charge in [0.15, 0.2) is 0 Å². The Balaban J connectivity index is 2.11. The predicted molar refractivity (Wildman–Crippen MR) is 87.3 cm³/mol. The third kappa shape index (κ3) is 2.68. The van der Waals surface area contributed by atoms with Gasteiger partial charge in [-0.2, -0.15) is 0 Å². The van der Waals surface area contributed by atoms with Crippen LogP contribution in [0.3, 0.4) is 0 Å². The largest absolute Gasteiger partial charge is 0.496 e. The van der Waals surface area contributed by atoms with E-state index in [-0.39, 0.29) is 17.7 Å². The Morgan fingerprint density at radius 1 is 1.09 bits per heavy atom. The molecule has 0 saturated heterocycles. The van der Waals surface area contributed by atoms with Crippen LogP contribution in [0.15, 0.2) is 59.5 Å². The number of carbonyl (C=O) groups is 1. The second-order valence-electron chi connectivity index (χ2n) is 5.13. The van der Waals surface area contributed by atoms with Crippen LogP contribution in [0.2, 0.25) is 0 Å². The van der Waals surface area contributed by atoms with E-state index in [0.29, 0.717) is 16.7 Å². The fourth-order valence-electron chi connectivity index (χ4n) is 2.64. The molecule has 0 fully saturated rings. The molecule has 0 unspecified atom stereocenters. The van der Waals surface area contributed by atoms with Crippen LogP contribution in [-0.4, -0.2) is 22.8 Å². The number of carboxylic acids is 1. The van der Waals surface area contributed by atoms with Gasteiger partial charge < -0.3 is 14.4 Å². The molecule has 3 aromatic rings. The van der Waals surface area contributed by atoms with Gasteiger partial charge in [-0.05, 0) is 29.8 Å². The first-order chi connectivity index (χ1) is 11.1. The number of nitrogens with zero attached hydrogens (tertiary/aromatic N) is 1. The summed E-state index contributed by atoms with van der Waals surface area (Å²) in [5, 5.41) is 10.5. The number of methoxy groups -OCH3 is 1. The maximum atomic E-state index is 12.6. The topological polar surface area (TPSA) is 68.5 Å². The van der Waals surface area contributed by atoms with Crippen LogP contribution in [0.5, 0.6) is 5.75 Å². The second kappa shape index (κ2) is 5.96. The molecule has 1 N–H and O–H groups in total. The van der Waals surface area contributed by atoms with Crippen molar-refractivity contribution in [3.05, 3.63) is 76.2 Å². The Bertz CT molecular complexity index is 943. The summed E-state index contributed by atoms with van der Waals surface area (Å²) in [4.78, 5) is 23.9. The van der Waals surface area contributed by atoms with Gasteiger partial charge in [0, 0.05) is 11.6 Å². The van der Waals surface area contributed by atoms with E-state index in [0.717, 1.165) is 5.39 Å². The van der Waals surface area contributed by atoms with Crippen molar-refractivity contribution in [2.45, 2.75) is 6.54 Å². The fourth-order valence-corrected chi connectivity index (χ4v) is 2.64. The van der Waals surface area contributed by atoms with E-state index in [1.807, 2.05) is 0 Å². The molecule has 1 heterocycles. The number of benzene rings is 2. The fraction of sp³-hybridized carbons (Fsp3) is 0.111. The van der Waals surface area contributed by atoms with E-state index < -0.39 is 5.97 Å². The molecule has 23 heavy (non-hydrogen) atoms. The molecule has 0 aliphatic heterocycles. The number of aromatic carboxylic acids is 1. The summed E-state index contributed by atoms with van der Waals surface area (Å²) in [5.74, 6) is -0.367. The molecule has 0 amide bonds. The van der Waals surface area contributed by atoms with E-state index in [2.05, 4.69) is 0 Å². The zero-order valence-electron chi connectivity index (χ0n) is 12.5. The molecule has 1 aromatic heterocycles. The molecule has 0 atom stereocenters.